The number of benzene rings is 1. The van der Waals surface area contributed by atoms with Gasteiger partial charge in [-0.2, -0.15) is 0 Å². The normalized spacial score (nSPS) is 9.94. The minimum absolute atomic E-state index is 0.0523. The van der Waals surface area contributed by atoms with Crippen LogP contribution in [0.1, 0.15) is 30.1 Å². The van der Waals surface area contributed by atoms with Crippen LogP contribution in [0.25, 0.3) is 0 Å². The van der Waals surface area contributed by atoms with Crippen LogP contribution in [0.5, 0.6) is 5.75 Å². The topological polar surface area (TPSA) is 26.3 Å². The fourth-order valence-corrected chi connectivity index (χ4v) is 1.52. The van der Waals surface area contributed by atoms with Gasteiger partial charge in [0.1, 0.15) is 5.75 Å². The molecule has 0 N–H and O–H groups in total. The average molecular weight is 239 g/mol. The molecule has 1 rings (SSSR count). The molecule has 0 fully saturated rings. The van der Waals surface area contributed by atoms with E-state index < -0.39 is 0 Å². The second-order valence-electron chi connectivity index (χ2n) is 3.72. The molecule has 0 unspecified atom stereocenters. The van der Waals surface area contributed by atoms with Crippen LogP contribution < -0.4 is 4.74 Å². The number of Topliss-reactive ketones (excluding diaryl/α,β-unsaturated/α-hetero) is 1. The number of ether oxygens (including phenoxy) is 1. The molecule has 0 aliphatic rings. The van der Waals surface area contributed by atoms with E-state index in [4.69, 9.17) is 16.3 Å². The van der Waals surface area contributed by atoms with Crippen molar-refractivity contribution in [2.45, 2.75) is 19.8 Å². The van der Waals surface area contributed by atoms with Gasteiger partial charge in [-0.05, 0) is 31.5 Å². The van der Waals surface area contributed by atoms with E-state index in [0.29, 0.717) is 29.2 Å². The van der Waals surface area contributed by atoms with Gasteiger partial charge in [0.15, 0.2) is 5.78 Å². The van der Waals surface area contributed by atoms with Gasteiger partial charge in [-0.25, -0.2) is 0 Å². The number of hydrogen-bond donors (Lipinski definition) is 0. The summed E-state index contributed by atoms with van der Waals surface area (Å²) in [7, 11) is 1.53. The van der Waals surface area contributed by atoms with Crippen molar-refractivity contribution in [1.82, 2.24) is 0 Å². The third-order valence-electron chi connectivity index (χ3n) is 2.24. The minimum Gasteiger partial charge on any atom is -0.496 e. The summed E-state index contributed by atoms with van der Waals surface area (Å²) in [6.45, 7) is 5.68. The number of carbonyl (C=O) groups is 1. The number of allylic oxidation sites excluding steroid dienone is 1. The highest BCUT2D eigenvalue weighted by atomic mass is 35.5. The zero-order chi connectivity index (χ0) is 12.1. The Balaban J connectivity index is 2.86. The standard InChI is InChI=1S/C13H15ClO2/c1-9(2)4-7-12(15)11-6-5-10(14)8-13(11)16-3/h5-6,8H,1,4,7H2,2-3H3. The maximum Gasteiger partial charge on any atom is 0.166 e. The predicted octanol–water partition coefficient (Wildman–Crippen LogP) is 3.89. The molecular formula is C13H15ClO2. The molecule has 0 atom stereocenters. The SMILES string of the molecule is C=C(C)CCC(=O)c1ccc(Cl)cc1OC. The van der Waals surface area contributed by atoms with Crippen molar-refractivity contribution in [1.29, 1.82) is 0 Å². The van der Waals surface area contributed by atoms with Gasteiger partial charge < -0.3 is 4.74 Å². The molecular weight excluding hydrogens is 224 g/mol. The third-order valence-corrected chi connectivity index (χ3v) is 2.48. The molecule has 0 spiro atoms. The number of hydrogen-bond acceptors (Lipinski definition) is 2. The molecule has 2 nitrogen and oxygen atoms in total. The van der Waals surface area contributed by atoms with E-state index in [1.165, 1.54) is 7.11 Å². The van der Waals surface area contributed by atoms with E-state index in [1.54, 1.807) is 18.2 Å². The lowest BCUT2D eigenvalue weighted by Gasteiger charge is -2.07. The maximum absolute atomic E-state index is 11.9. The zero-order valence-electron chi connectivity index (χ0n) is 9.55. The van der Waals surface area contributed by atoms with E-state index in [9.17, 15) is 4.79 Å². The van der Waals surface area contributed by atoms with Crippen molar-refractivity contribution in [3.05, 3.63) is 40.9 Å². The van der Waals surface area contributed by atoms with E-state index in [0.717, 1.165) is 5.57 Å². The highest BCUT2D eigenvalue weighted by Gasteiger charge is 2.12. The molecule has 0 radical (unpaired) electrons. The largest absolute Gasteiger partial charge is 0.496 e. The Bertz CT molecular complexity index is 410. The van der Waals surface area contributed by atoms with Gasteiger partial charge in [0.05, 0.1) is 12.7 Å². The summed E-state index contributed by atoms with van der Waals surface area (Å²) in [6, 6.07) is 5.04. The fraction of sp³-hybridized carbons (Fsp3) is 0.308. The van der Waals surface area contributed by atoms with Crippen LogP contribution in [0.15, 0.2) is 30.4 Å². The summed E-state index contributed by atoms with van der Waals surface area (Å²) in [5.74, 6) is 0.579. The molecule has 16 heavy (non-hydrogen) atoms. The van der Waals surface area contributed by atoms with Gasteiger partial charge in [-0.3, -0.25) is 4.79 Å². The number of rotatable bonds is 5. The van der Waals surface area contributed by atoms with Gasteiger partial charge in [0.25, 0.3) is 0 Å². The van der Waals surface area contributed by atoms with Gasteiger partial charge >= 0.3 is 0 Å². The Labute approximate surface area is 101 Å². The zero-order valence-corrected chi connectivity index (χ0v) is 10.3. The molecule has 0 saturated heterocycles. The summed E-state index contributed by atoms with van der Waals surface area (Å²) in [5.41, 5.74) is 1.58. The van der Waals surface area contributed by atoms with Crippen LogP contribution in [0.3, 0.4) is 0 Å². The first-order valence-electron chi connectivity index (χ1n) is 5.05. The first-order chi connectivity index (χ1) is 7.54. The van der Waals surface area contributed by atoms with Crippen molar-refractivity contribution >= 4 is 17.4 Å². The molecule has 0 amide bonds. The van der Waals surface area contributed by atoms with Crippen LogP contribution in [0.2, 0.25) is 5.02 Å². The van der Waals surface area contributed by atoms with Gasteiger partial charge in [-0.1, -0.05) is 17.2 Å². The summed E-state index contributed by atoms with van der Waals surface area (Å²) in [5, 5.41) is 0.563. The first-order valence-corrected chi connectivity index (χ1v) is 5.43. The lowest BCUT2D eigenvalue weighted by atomic mass is 10.0. The average Bonchev–Trinajstić information content (AvgIpc) is 2.25. The Morgan fingerprint density at radius 3 is 2.69 bits per heavy atom. The van der Waals surface area contributed by atoms with Crippen LogP contribution in [-0.4, -0.2) is 12.9 Å². The van der Waals surface area contributed by atoms with Crippen LogP contribution in [-0.2, 0) is 0 Å². The predicted molar refractivity (Wildman–Crippen MR) is 66.4 cm³/mol. The van der Waals surface area contributed by atoms with E-state index in [2.05, 4.69) is 6.58 Å². The highest BCUT2D eigenvalue weighted by Crippen LogP contribution is 2.24. The van der Waals surface area contributed by atoms with Crippen LogP contribution in [0, 0.1) is 0 Å². The van der Waals surface area contributed by atoms with Gasteiger partial charge in [0, 0.05) is 11.4 Å². The summed E-state index contributed by atoms with van der Waals surface area (Å²) in [6.07, 6.45) is 1.15. The van der Waals surface area contributed by atoms with Gasteiger partial charge in [0.2, 0.25) is 0 Å². The fourth-order valence-electron chi connectivity index (χ4n) is 1.36. The highest BCUT2D eigenvalue weighted by molar-refractivity contribution is 6.30. The van der Waals surface area contributed by atoms with E-state index in [1.807, 2.05) is 6.92 Å². The Kier molecular flexibility index (Phi) is 4.56. The van der Waals surface area contributed by atoms with E-state index >= 15 is 0 Å². The number of ketones is 1. The first kappa shape index (κ1) is 12.8. The van der Waals surface area contributed by atoms with Crippen molar-refractivity contribution in [3.8, 4) is 5.75 Å². The Hall–Kier alpha value is -1.28. The molecule has 86 valence electrons. The summed E-state index contributed by atoms with van der Waals surface area (Å²) in [4.78, 5) is 11.9. The van der Waals surface area contributed by atoms with E-state index in [-0.39, 0.29) is 5.78 Å². The monoisotopic (exact) mass is 238 g/mol. The van der Waals surface area contributed by atoms with Crippen molar-refractivity contribution < 1.29 is 9.53 Å². The molecule has 1 aromatic carbocycles. The Morgan fingerprint density at radius 1 is 1.44 bits per heavy atom. The Morgan fingerprint density at radius 2 is 2.12 bits per heavy atom. The lowest BCUT2D eigenvalue weighted by molar-refractivity contribution is 0.0980. The van der Waals surface area contributed by atoms with Crippen molar-refractivity contribution in [3.63, 3.8) is 0 Å². The summed E-state index contributed by atoms with van der Waals surface area (Å²) >= 11 is 5.82. The van der Waals surface area contributed by atoms with Crippen molar-refractivity contribution in [2.24, 2.45) is 0 Å². The number of carbonyl (C=O) groups excluding carboxylic acids is 1. The number of halogens is 1. The molecule has 3 heteroatoms. The quantitative estimate of drug-likeness (QED) is 0.575. The maximum atomic E-state index is 11.9. The number of methoxy groups -OCH3 is 1. The molecule has 0 aliphatic carbocycles. The van der Waals surface area contributed by atoms with Crippen LogP contribution >= 0.6 is 11.6 Å². The molecule has 0 heterocycles. The third kappa shape index (κ3) is 3.38. The second kappa shape index (κ2) is 5.71. The van der Waals surface area contributed by atoms with Crippen molar-refractivity contribution in [2.75, 3.05) is 7.11 Å². The summed E-state index contributed by atoms with van der Waals surface area (Å²) < 4.78 is 5.13. The minimum atomic E-state index is 0.0523. The van der Waals surface area contributed by atoms with Crippen LogP contribution in [0.4, 0.5) is 0 Å². The molecule has 0 aliphatic heterocycles. The smallest absolute Gasteiger partial charge is 0.166 e. The molecule has 0 bridgehead atoms. The molecule has 0 aromatic heterocycles. The second-order valence-corrected chi connectivity index (χ2v) is 4.16. The lowest BCUT2D eigenvalue weighted by Crippen LogP contribution is -2.02. The molecule has 1 aromatic rings. The molecule has 0 saturated carbocycles. The van der Waals surface area contributed by atoms with Gasteiger partial charge in [-0.15, -0.1) is 6.58 Å².